The van der Waals surface area contributed by atoms with Crippen LogP contribution in [0.25, 0.3) is 39.5 Å². The average molecular weight is 332 g/mol. The molecule has 0 saturated carbocycles. The lowest BCUT2D eigenvalue weighted by molar-refractivity contribution is 1.57. The van der Waals surface area contributed by atoms with Crippen LogP contribution in [-0.2, 0) is 0 Å². The zero-order valence-corrected chi connectivity index (χ0v) is 14.6. The number of rotatable bonds is 4. The van der Waals surface area contributed by atoms with Crippen LogP contribution in [0.2, 0.25) is 0 Å². The second-order valence-electron chi connectivity index (χ2n) is 6.35. The Kier molecular flexibility index (Phi) is 4.49. The Balaban J connectivity index is 1.71. The number of benzene rings is 4. The fourth-order valence-electron chi connectivity index (χ4n) is 3.20. The Morgan fingerprint density at radius 3 is 1.35 bits per heavy atom. The van der Waals surface area contributed by atoms with E-state index in [4.69, 9.17) is 0 Å². The summed E-state index contributed by atoms with van der Waals surface area (Å²) < 4.78 is 0. The van der Waals surface area contributed by atoms with Crippen LogP contribution >= 0.6 is 0 Å². The molecule has 0 nitrogen and oxygen atoms in total. The summed E-state index contributed by atoms with van der Waals surface area (Å²) >= 11 is 0. The molecule has 0 heterocycles. The van der Waals surface area contributed by atoms with Crippen molar-refractivity contribution in [3.8, 4) is 33.4 Å². The number of hydrogen-bond acceptors (Lipinski definition) is 0. The van der Waals surface area contributed by atoms with Gasteiger partial charge in [-0.05, 0) is 51.1 Å². The van der Waals surface area contributed by atoms with Crippen molar-refractivity contribution in [1.82, 2.24) is 0 Å². The van der Waals surface area contributed by atoms with Crippen LogP contribution in [0.4, 0.5) is 0 Å². The molecule has 0 N–H and O–H groups in total. The summed E-state index contributed by atoms with van der Waals surface area (Å²) in [5, 5.41) is 0. The van der Waals surface area contributed by atoms with Crippen molar-refractivity contribution in [2.45, 2.75) is 0 Å². The van der Waals surface area contributed by atoms with Gasteiger partial charge < -0.3 is 0 Å². The van der Waals surface area contributed by atoms with Gasteiger partial charge in [0.25, 0.3) is 0 Å². The van der Waals surface area contributed by atoms with Crippen LogP contribution in [-0.4, -0.2) is 0 Å². The molecule has 26 heavy (non-hydrogen) atoms. The van der Waals surface area contributed by atoms with E-state index in [-0.39, 0.29) is 0 Å². The molecule has 0 saturated heterocycles. The summed E-state index contributed by atoms with van der Waals surface area (Å²) in [4.78, 5) is 0. The van der Waals surface area contributed by atoms with E-state index in [1.165, 1.54) is 33.4 Å². The zero-order chi connectivity index (χ0) is 17.8. The summed E-state index contributed by atoms with van der Waals surface area (Å²) in [6, 6.07) is 36.4. The van der Waals surface area contributed by atoms with Gasteiger partial charge in [0.05, 0.1) is 0 Å². The molecule has 0 aromatic heterocycles. The lowest BCUT2D eigenvalue weighted by Crippen LogP contribution is -1.83. The van der Waals surface area contributed by atoms with E-state index in [0.29, 0.717) is 0 Å². The van der Waals surface area contributed by atoms with Crippen molar-refractivity contribution in [1.29, 1.82) is 0 Å². The van der Waals surface area contributed by atoms with E-state index < -0.39 is 0 Å². The molecule has 0 aliphatic rings. The van der Waals surface area contributed by atoms with Crippen molar-refractivity contribution in [3.63, 3.8) is 0 Å². The molecule has 0 atom stereocenters. The third-order valence-corrected chi connectivity index (χ3v) is 4.65. The second-order valence-corrected chi connectivity index (χ2v) is 6.35. The maximum atomic E-state index is 3.82. The summed E-state index contributed by atoms with van der Waals surface area (Å²) in [7, 11) is 0. The highest BCUT2D eigenvalue weighted by Gasteiger charge is 2.04. The highest BCUT2D eigenvalue weighted by atomic mass is 14.1. The van der Waals surface area contributed by atoms with E-state index in [9.17, 15) is 0 Å². The predicted octanol–water partition coefficient (Wildman–Crippen LogP) is 7.33. The van der Waals surface area contributed by atoms with Gasteiger partial charge in [-0.15, -0.1) is 0 Å². The summed E-state index contributed by atoms with van der Waals surface area (Å²) in [5.41, 5.74) is 8.53. The molecule has 0 aliphatic carbocycles. The van der Waals surface area contributed by atoms with Gasteiger partial charge in [0.2, 0.25) is 0 Å². The minimum Gasteiger partial charge on any atom is -0.0985 e. The molecule has 0 heteroatoms. The first-order valence-electron chi connectivity index (χ1n) is 8.82. The normalized spacial score (nSPS) is 10.5. The minimum absolute atomic E-state index is 1.14. The Morgan fingerprint density at radius 2 is 0.846 bits per heavy atom. The van der Waals surface area contributed by atoms with Gasteiger partial charge in [-0.2, -0.15) is 0 Å². The fourth-order valence-corrected chi connectivity index (χ4v) is 3.20. The van der Waals surface area contributed by atoms with Crippen molar-refractivity contribution >= 4 is 6.08 Å². The molecule has 0 fully saturated rings. The second kappa shape index (κ2) is 7.25. The van der Waals surface area contributed by atoms with Gasteiger partial charge >= 0.3 is 0 Å². The van der Waals surface area contributed by atoms with E-state index in [2.05, 4.69) is 110 Å². The molecule has 4 aromatic carbocycles. The van der Waals surface area contributed by atoms with E-state index in [0.717, 1.165) is 5.56 Å². The summed E-state index contributed by atoms with van der Waals surface area (Å²) in [5.74, 6) is 0. The lowest BCUT2D eigenvalue weighted by atomic mass is 9.96. The topological polar surface area (TPSA) is 0 Å². The molecule has 0 spiro atoms. The first-order chi connectivity index (χ1) is 12.8. The third kappa shape index (κ3) is 3.36. The van der Waals surface area contributed by atoms with E-state index in [1.807, 2.05) is 6.08 Å². The summed E-state index contributed by atoms with van der Waals surface area (Å²) in [6.07, 6.45) is 1.87. The highest BCUT2D eigenvalue weighted by molar-refractivity contribution is 5.77. The van der Waals surface area contributed by atoms with Crippen LogP contribution in [0.1, 0.15) is 5.56 Å². The Bertz CT molecular complexity index is 1020. The maximum absolute atomic E-state index is 3.82. The van der Waals surface area contributed by atoms with Gasteiger partial charge in [0.1, 0.15) is 0 Å². The number of hydrogen-bond donors (Lipinski definition) is 0. The average Bonchev–Trinajstić information content (AvgIpc) is 2.75. The van der Waals surface area contributed by atoms with Crippen LogP contribution < -0.4 is 0 Å². The molecule has 4 aromatic rings. The molecule has 0 unspecified atom stereocenters. The predicted molar refractivity (Wildman–Crippen MR) is 113 cm³/mol. The Hall–Kier alpha value is -3.38. The SMILES string of the molecule is C=Cc1ccc(-c2cccc(-c3cccc(-c4ccccc4)c3)c2)cc1. The molecular weight excluding hydrogens is 312 g/mol. The lowest BCUT2D eigenvalue weighted by Gasteiger charge is -2.09. The van der Waals surface area contributed by atoms with E-state index >= 15 is 0 Å². The molecular formula is C26H20. The minimum atomic E-state index is 1.14. The van der Waals surface area contributed by atoms with Crippen molar-refractivity contribution < 1.29 is 0 Å². The first-order valence-corrected chi connectivity index (χ1v) is 8.82. The van der Waals surface area contributed by atoms with E-state index in [1.54, 1.807) is 0 Å². The molecule has 4 rings (SSSR count). The highest BCUT2D eigenvalue weighted by Crippen LogP contribution is 2.29. The third-order valence-electron chi connectivity index (χ3n) is 4.65. The standard InChI is InChI=1S/C26H20/c1-2-20-14-16-22(17-15-20)24-11-7-13-26(19-24)25-12-6-10-23(18-25)21-8-4-3-5-9-21/h2-19H,1H2. The monoisotopic (exact) mass is 332 g/mol. The fraction of sp³-hybridized carbons (Fsp3) is 0. The van der Waals surface area contributed by atoms with Gasteiger partial charge in [-0.1, -0.05) is 104 Å². The quantitative estimate of drug-likeness (QED) is 0.367. The smallest absolute Gasteiger partial charge is 0.0178 e. The maximum Gasteiger partial charge on any atom is -0.0178 e. The summed E-state index contributed by atoms with van der Waals surface area (Å²) in [6.45, 7) is 3.82. The largest absolute Gasteiger partial charge is 0.0985 e. The van der Waals surface area contributed by atoms with Crippen molar-refractivity contribution in [2.75, 3.05) is 0 Å². The molecule has 0 aliphatic heterocycles. The van der Waals surface area contributed by atoms with Gasteiger partial charge in [0.15, 0.2) is 0 Å². The molecule has 124 valence electrons. The van der Waals surface area contributed by atoms with Gasteiger partial charge in [-0.25, -0.2) is 0 Å². The molecule has 0 radical (unpaired) electrons. The van der Waals surface area contributed by atoms with Crippen LogP contribution in [0.15, 0.2) is 110 Å². The Labute approximate surface area is 155 Å². The van der Waals surface area contributed by atoms with Crippen LogP contribution in [0, 0.1) is 0 Å². The first kappa shape index (κ1) is 16.1. The molecule has 0 amide bonds. The Morgan fingerprint density at radius 1 is 0.423 bits per heavy atom. The molecule has 0 bridgehead atoms. The van der Waals surface area contributed by atoms with Gasteiger partial charge in [0, 0.05) is 0 Å². The van der Waals surface area contributed by atoms with Crippen LogP contribution in [0.3, 0.4) is 0 Å². The van der Waals surface area contributed by atoms with Crippen LogP contribution in [0.5, 0.6) is 0 Å². The van der Waals surface area contributed by atoms with Crippen molar-refractivity contribution in [3.05, 3.63) is 115 Å². The van der Waals surface area contributed by atoms with Crippen molar-refractivity contribution in [2.24, 2.45) is 0 Å². The van der Waals surface area contributed by atoms with Gasteiger partial charge in [-0.3, -0.25) is 0 Å². The zero-order valence-electron chi connectivity index (χ0n) is 14.6.